The van der Waals surface area contributed by atoms with Crippen LogP contribution < -0.4 is 10.2 Å². The second-order valence-electron chi connectivity index (χ2n) is 10.9. The van der Waals surface area contributed by atoms with E-state index in [1.807, 2.05) is 25.8 Å². The van der Waals surface area contributed by atoms with Crippen molar-refractivity contribution in [2.24, 2.45) is 10.9 Å². The van der Waals surface area contributed by atoms with E-state index >= 15 is 4.39 Å². The molecule has 0 bridgehead atoms. The molecule has 230 valence electrons. The third-order valence-electron chi connectivity index (χ3n) is 7.97. The van der Waals surface area contributed by atoms with Crippen molar-refractivity contribution >= 4 is 35.0 Å². The molecular formula is C28H32F7N5O2. The molecular weight excluding hydrogens is 571 g/mol. The first-order valence-corrected chi connectivity index (χ1v) is 13.5. The number of aliphatic imine (C=N–C) groups is 1. The van der Waals surface area contributed by atoms with Crippen LogP contribution in [0.25, 0.3) is 5.57 Å². The first kappa shape index (κ1) is 31.7. The summed E-state index contributed by atoms with van der Waals surface area (Å²) in [5.41, 5.74) is -0.398. The Bertz CT molecular complexity index is 1290. The van der Waals surface area contributed by atoms with Gasteiger partial charge < -0.3 is 10.2 Å². The first-order chi connectivity index (χ1) is 19.5. The number of carbonyl (C=O) groups excluding carboxylic acids is 2. The Hall–Kier alpha value is -3.26. The summed E-state index contributed by atoms with van der Waals surface area (Å²) in [6.45, 7) is 5.06. The van der Waals surface area contributed by atoms with E-state index in [0.717, 1.165) is 0 Å². The Morgan fingerprint density at radius 1 is 1.10 bits per heavy atom. The molecule has 1 aromatic rings. The van der Waals surface area contributed by atoms with Gasteiger partial charge in [-0.3, -0.25) is 19.4 Å². The maximum absolute atomic E-state index is 15.6. The summed E-state index contributed by atoms with van der Waals surface area (Å²) in [4.78, 5) is 33.7. The number of likely N-dealkylation sites (N-methyl/N-ethyl adjacent to an activating group) is 1. The largest absolute Gasteiger partial charge is 0.414 e. The molecule has 0 aliphatic carbocycles. The van der Waals surface area contributed by atoms with Crippen LogP contribution in [0.4, 0.5) is 42.1 Å². The van der Waals surface area contributed by atoms with Gasteiger partial charge in [-0.2, -0.15) is 26.3 Å². The molecule has 0 radical (unpaired) electrons. The van der Waals surface area contributed by atoms with Crippen LogP contribution in [0, 0.1) is 11.7 Å². The lowest BCUT2D eigenvalue weighted by molar-refractivity contribution is -0.137. The second kappa shape index (κ2) is 12.2. The molecule has 1 saturated heterocycles. The van der Waals surface area contributed by atoms with Gasteiger partial charge in [0.2, 0.25) is 5.91 Å². The van der Waals surface area contributed by atoms with Gasteiger partial charge in [-0.15, -0.1) is 0 Å². The Labute approximate surface area is 238 Å². The normalized spacial score (nSPS) is 24.5. The fraction of sp³-hybridized carbons (Fsp3) is 0.536. The predicted molar refractivity (Wildman–Crippen MR) is 145 cm³/mol. The van der Waals surface area contributed by atoms with E-state index in [9.17, 15) is 35.9 Å². The molecule has 1 fully saturated rings. The Kier molecular flexibility index (Phi) is 9.17. The van der Waals surface area contributed by atoms with Crippen molar-refractivity contribution in [3.05, 3.63) is 41.2 Å². The monoisotopic (exact) mass is 603 g/mol. The predicted octanol–water partition coefficient (Wildman–Crippen LogP) is 5.05. The van der Waals surface area contributed by atoms with E-state index in [2.05, 4.69) is 15.2 Å². The van der Waals surface area contributed by atoms with Crippen LogP contribution >= 0.6 is 0 Å². The highest BCUT2D eigenvalue weighted by Crippen LogP contribution is 2.38. The van der Waals surface area contributed by atoms with Crippen LogP contribution in [0.3, 0.4) is 0 Å². The summed E-state index contributed by atoms with van der Waals surface area (Å²) in [6.07, 6.45) is -7.45. The maximum Gasteiger partial charge on any atom is 0.414 e. The highest BCUT2D eigenvalue weighted by molar-refractivity contribution is 6.11. The van der Waals surface area contributed by atoms with E-state index in [-0.39, 0.29) is 61.2 Å². The minimum atomic E-state index is -4.96. The maximum atomic E-state index is 15.6. The average Bonchev–Trinajstić information content (AvgIpc) is 2.90. The molecule has 3 atom stereocenters. The van der Waals surface area contributed by atoms with Gasteiger partial charge in [0.25, 0.3) is 5.91 Å². The molecule has 1 N–H and O–H groups in total. The van der Waals surface area contributed by atoms with Gasteiger partial charge in [0, 0.05) is 62.7 Å². The third-order valence-corrected chi connectivity index (χ3v) is 7.97. The standard InChI is InChI=1S/C28H32F7N5O2/c1-16-14-40(15-17(2)38(16)3)24-12-22(29)19(18-4-7-39(8-5-18)9-6-27(30,31)32)10-23(24)37-26(42)20-13-36-25(41)11-21(20)28(33,34)35/h4,10-13,16-17,20H,5-9,14-15H2,1-3H3,(H,37,42)/t16-,17+,20?. The van der Waals surface area contributed by atoms with Gasteiger partial charge in [0.15, 0.2) is 0 Å². The lowest BCUT2D eigenvalue weighted by Gasteiger charge is -2.44. The minimum Gasteiger partial charge on any atom is -0.367 e. The molecule has 2 amide bonds. The van der Waals surface area contributed by atoms with Gasteiger partial charge in [-0.25, -0.2) is 9.38 Å². The van der Waals surface area contributed by atoms with Crippen LogP contribution in [0.1, 0.15) is 32.3 Å². The summed E-state index contributed by atoms with van der Waals surface area (Å²) < 4.78 is 94.5. The number of alkyl halides is 6. The molecule has 3 aliphatic rings. The number of carbonyl (C=O) groups is 2. The molecule has 0 saturated carbocycles. The number of halogens is 7. The number of amides is 2. The quantitative estimate of drug-likeness (QED) is 0.461. The van der Waals surface area contributed by atoms with Crippen molar-refractivity contribution in [1.29, 1.82) is 0 Å². The number of piperazine rings is 1. The summed E-state index contributed by atoms with van der Waals surface area (Å²) in [5.74, 6) is -4.76. The Balaban J connectivity index is 1.67. The SMILES string of the molecule is C[C@@H]1CN(c2cc(F)c(C3=CCN(CCC(F)(F)F)CC3)cc2NC(=O)C2C=NC(=O)C=C2C(F)(F)F)C[C@H](C)N1C. The zero-order valence-corrected chi connectivity index (χ0v) is 23.3. The second-order valence-corrected chi connectivity index (χ2v) is 10.9. The molecule has 42 heavy (non-hydrogen) atoms. The van der Waals surface area contributed by atoms with E-state index in [1.165, 1.54) is 12.1 Å². The van der Waals surface area contributed by atoms with Crippen molar-refractivity contribution in [3.8, 4) is 0 Å². The number of nitrogens with one attached hydrogen (secondary N) is 1. The summed E-state index contributed by atoms with van der Waals surface area (Å²) >= 11 is 0. The molecule has 7 nitrogen and oxygen atoms in total. The summed E-state index contributed by atoms with van der Waals surface area (Å²) in [7, 11) is 1.95. The van der Waals surface area contributed by atoms with Gasteiger partial charge >= 0.3 is 12.4 Å². The average molecular weight is 604 g/mol. The van der Waals surface area contributed by atoms with Gasteiger partial charge in [-0.1, -0.05) is 6.08 Å². The van der Waals surface area contributed by atoms with E-state index in [4.69, 9.17) is 0 Å². The van der Waals surface area contributed by atoms with Crippen molar-refractivity contribution in [2.75, 3.05) is 50.0 Å². The summed E-state index contributed by atoms with van der Waals surface area (Å²) in [5, 5.41) is 2.52. The third kappa shape index (κ3) is 7.38. The molecule has 1 unspecified atom stereocenters. The Morgan fingerprint density at radius 2 is 1.76 bits per heavy atom. The van der Waals surface area contributed by atoms with Crippen molar-refractivity contribution in [1.82, 2.24) is 9.80 Å². The topological polar surface area (TPSA) is 68.2 Å². The van der Waals surface area contributed by atoms with Crippen LogP contribution in [0.5, 0.6) is 0 Å². The van der Waals surface area contributed by atoms with E-state index in [1.54, 1.807) is 11.0 Å². The Morgan fingerprint density at radius 3 is 2.33 bits per heavy atom. The van der Waals surface area contributed by atoms with Crippen LogP contribution in [0.2, 0.25) is 0 Å². The smallest absolute Gasteiger partial charge is 0.367 e. The number of dihydropyridines is 1. The lowest BCUT2D eigenvalue weighted by atomic mass is 9.94. The highest BCUT2D eigenvalue weighted by Gasteiger charge is 2.43. The lowest BCUT2D eigenvalue weighted by Crippen LogP contribution is -2.55. The van der Waals surface area contributed by atoms with E-state index < -0.39 is 47.9 Å². The number of hydrogen-bond donors (Lipinski definition) is 1. The number of anilines is 2. The van der Waals surface area contributed by atoms with Crippen LogP contribution in [-0.4, -0.2) is 92.0 Å². The molecule has 3 aliphatic heterocycles. The fourth-order valence-electron chi connectivity index (χ4n) is 5.38. The molecule has 4 rings (SSSR count). The molecule has 0 aromatic heterocycles. The number of nitrogens with zero attached hydrogens (tertiary/aromatic N) is 4. The number of hydrogen-bond acceptors (Lipinski definition) is 5. The summed E-state index contributed by atoms with van der Waals surface area (Å²) in [6, 6.07) is 2.67. The van der Waals surface area contributed by atoms with Gasteiger partial charge in [0.05, 0.1) is 23.4 Å². The highest BCUT2D eigenvalue weighted by atomic mass is 19.4. The first-order valence-electron chi connectivity index (χ1n) is 13.5. The molecule has 1 aromatic carbocycles. The van der Waals surface area contributed by atoms with Crippen molar-refractivity contribution in [2.45, 2.75) is 51.1 Å². The zero-order valence-electron chi connectivity index (χ0n) is 23.3. The number of rotatable bonds is 6. The molecule has 0 spiro atoms. The van der Waals surface area contributed by atoms with Crippen molar-refractivity contribution < 1.29 is 40.3 Å². The van der Waals surface area contributed by atoms with Gasteiger partial charge in [-0.05, 0) is 45.0 Å². The minimum absolute atomic E-state index is 0.0417. The van der Waals surface area contributed by atoms with Crippen LogP contribution in [-0.2, 0) is 9.59 Å². The van der Waals surface area contributed by atoms with Crippen molar-refractivity contribution in [3.63, 3.8) is 0 Å². The molecule has 14 heteroatoms. The zero-order chi connectivity index (χ0) is 31.0. The fourth-order valence-corrected chi connectivity index (χ4v) is 5.38. The van der Waals surface area contributed by atoms with Crippen LogP contribution in [0.15, 0.2) is 34.9 Å². The number of benzene rings is 1. The molecule has 3 heterocycles. The van der Waals surface area contributed by atoms with E-state index in [0.29, 0.717) is 24.9 Å². The van der Waals surface area contributed by atoms with Gasteiger partial charge in [0.1, 0.15) is 11.7 Å².